The molecule has 6 heteroatoms. The molecule has 0 fully saturated rings. The van der Waals surface area contributed by atoms with Crippen molar-refractivity contribution in [2.45, 2.75) is 19.5 Å². The molecule has 2 aromatic carbocycles. The molecule has 6 nitrogen and oxygen atoms in total. The van der Waals surface area contributed by atoms with E-state index in [2.05, 4.69) is 5.10 Å². The van der Waals surface area contributed by atoms with E-state index in [4.69, 9.17) is 9.47 Å². The molecule has 0 spiro atoms. The quantitative estimate of drug-likeness (QED) is 0.708. The normalized spacial score (nSPS) is 13.4. The number of ether oxygens (including phenoxy) is 2. The standard InChI is InChI=1S/C20H19N3O3/c1-15(23-11-5-10-21-23)20(24)22(17-6-3-2-4-7-17)13-16-8-9-18-19(12-16)26-14-25-18/h2-12,15H,13-14H2,1H3/t15-/m1/s1. The Morgan fingerprint density at radius 3 is 2.73 bits per heavy atom. The van der Waals surface area contributed by atoms with Crippen LogP contribution in [0.5, 0.6) is 11.5 Å². The van der Waals surface area contributed by atoms with Crippen molar-refractivity contribution >= 4 is 11.6 Å². The average molecular weight is 349 g/mol. The van der Waals surface area contributed by atoms with Gasteiger partial charge in [0.05, 0.1) is 6.54 Å². The van der Waals surface area contributed by atoms with Gasteiger partial charge in [0.1, 0.15) is 6.04 Å². The largest absolute Gasteiger partial charge is 0.454 e. The SMILES string of the molecule is C[C@H](C(=O)N(Cc1ccc2c(c1)OCO2)c1ccccc1)n1cccn1. The molecule has 2 heterocycles. The van der Waals surface area contributed by atoms with Gasteiger partial charge in [-0.3, -0.25) is 9.48 Å². The van der Waals surface area contributed by atoms with Gasteiger partial charge in [0.25, 0.3) is 5.91 Å². The molecule has 0 bridgehead atoms. The minimum atomic E-state index is -0.404. The van der Waals surface area contributed by atoms with Crippen LogP contribution in [0.1, 0.15) is 18.5 Å². The molecule has 4 rings (SSSR count). The van der Waals surface area contributed by atoms with Crippen molar-refractivity contribution < 1.29 is 14.3 Å². The van der Waals surface area contributed by atoms with Crippen LogP contribution in [0.25, 0.3) is 0 Å². The molecule has 1 atom stereocenters. The van der Waals surface area contributed by atoms with Gasteiger partial charge >= 0.3 is 0 Å². The maximum Gasteiger partial charge on any atom is 0.251 e. The number of amides is 1. The van der Waals surface area contributed by atoms with Crippen LogP contribution in [0.4, 0.5) is 5.69 Å². The van der Waals surface area contributed by atoms with E-state index in [0.717, 1.165) is 17.0 Å². The van der Waals surface area contributed by atoms with E-state index >= 15 is 0 Å². The summed E-state index contributed by atoms with van der Waals surface area (Å²) < 4.78 is 12.5. The van der Waals surface area contributed by atoms with Crippen molar-refractivity contribution in [2.75, 3.05) is 11.7 Å². The zero-order valence-electron chi connectivity index (χ0n) is 14.4. The molecule has 0 radical (unpaired) electrons. The lowest BCUT2D eigenvalue weighted by Gasteiger charge is -2.26. The lowest BCUT2D eigenvalue weighted by Crippen LogP contribution is -2.36. The molecule has 1 amide bonds. The van der Waals surface area contributed by atoms with E-state index in [1.807, 2.05) is 61.5 Å². The van der Waals surface area contributed by atoms with E-state index in [9.17, 15) is 4.79 Å². The second kappa shape index (κ2) is 6.92. The summed E-state index contributed by atoms with van der Waals surface area (Å²) >= 11 is 0. The third kappa shape index (κ3) is 3.13. The van der Waals surface area contributed by atoms with Gasteiger partial charge in [-0.25, -0.2) is 0 Å². The molecule has 132 valence electrons. The Hall–Kier alpha value is -3.28. The van der Waals surface area contributed by atoms with Gasteiger partial charge in [0, 0.05) is 18.1 Å². The third-order valence-electron chi connectivity index (χ3n) is 4.39. The first-order valence-electron chi connectivity index (χ1n) is 8.46. The molecule has 1 aromatic heterocycles. The van der Waals surface area contributed by atoms with Crippen molar-refractivity contribution in [3.8, 4) is 11.5 Å². The number of benzene rings is 2. The second-order valence-electron chi connectivity index (χ2n) is 6.11. The number of fused-ring (bicyclic) bond motifs is 1. The number of nitrogens with zero attached hydrogens (tertiary/aromatic N) is 3. The topological polar surface area (TPSA) is 56.6 Å². The third-order valence-corrected chi connectivity index (χ3v) is 4.39. The molecule has 1 aliphatic heterocycles. The van der Waals surface area contributed by atoms with Crippen LogP contribution in [0.15, 0.2) is 67.0 Å². The summed E-state index contributed by atoms with van der Waals surface area (Å²) in [7, 11) is 0. The Kier molecular flexibility index (Phi) is 4.31. The van der Waals surface area contributed by atoms with Crippen LogP contribution in [0, 0.1) is 0 Å². The number of carbonyl (C=O) groups is 1. The van der Waals surface area contributed by atoms with Gasteiger partial charge in [0.15, 0.2) is 11.5 Å². The Bertz CT molecular complexity index is 894. The lowest BCUT2D eigenvalue weighted by molar-refractivity contribution is -0.121. The fourth-order valence-electron chi connectivity index (χ4n) is 2.97. The van der Waals surface area contributed by atoms with E-state index in [0.29, 0.717) is 12.3 Å². The maximum atomic E-state index is 13.2. The van der Waals surface area contributed by atoms with Gasteiger partial charge < -0.3 is 14.4 Å². The van der Waals surface area contributed by atoms with Gasteiger partial charge in [-0.05, 0) is 42.8 Å². The van der Waals surface area contributed by atoms with E-state index < -0.39 is 6.04 Å². The first-order chi connectivity index (χ1) is 12.7. The van der Waals surface area contributed by atoms with Crippen molar-refractivity contribution in [3.05, 3.63) is 72.6 Å². The summed E-state index contributed by atoms with van der Waals surface area (Å²) in [6, 6.07) is 16.8. The molecule has 1 aliphatic rings. The Morgan fingerprint density at radius 1 is 1.15 bits per heavy atom. The fourth-order valence-corrected chi connectivity index (χ4v) is 2.97. The van der Waals surface area contributed by atoms with Gasteiger partial charge in [-0.15, -0.1) is 0 Å². The summed E-state index contributed by atoms with van der Waals surface area (Å²) in [5.74, 6) is 1.41. The van der Waals surface area contributed by atoms with Crippen molar-refractivity contribution in [2.24, 2.45) is 0 Å². The Balaban J connectivity index is 1.64. The highest BCUT2D eigenvalue weighted by atomic mass is 16.7. The van der Waals surface area contributed by atoms with Gasteiger partial charge in [0.2, 0.25) is 6.79 Å². The Morgan fingerprint density at radius 2 is 1.96 bits per heavy atom. The van der Waals surface area contributed by atoms with E-state index in [1.54, 1.807) is 22.0 Å². The smallest absolute Gasteiger partial charge is 0.251 e. The zero-order valence-corrected chi connectivity index (χ0v) is 14.4. The summed E-state index contributed by atoms with van der Waals surface area (Å²) in [6.45, 7) is 2.52. The highest BCUT2D eigenvalue weighted by Gasteiger charge is 2.24. The number of hydrogen-bond donors (Lipinski definition) is 0. The van der Waals surface area contributed by atoms with E-state index in [1.165, 1.54) is 0 Å². The Labute approximate surface area is 151 Å². The average Bonchev–Trinajstić information content (AvgIpc) is 3.37. The van der Waals surface area contributed by atoms with Crippen LogP contribution in [-0.4, -0.2) is 22.5 Å². The molecule has 26 heavy (non-hydrogen) atoms. The summed E-state index contributed by atoms with van der Waals surface area (Å²) in [4.78, 5) is 15.0. The molecular weight excluding hydrogens is 330 g/mol. The number of rotatable bonds is 5. The second-order valence-corrected chi connectivity index (χ2v) is 6.11. The predicted octanol–water partition coefficient (Wildman–Crippen LogP) is 3.41. The fraction of sp³-hybridized carbons (Fsp3) is 0.200. The molecule has 0 N–H and O–H groups in total. The maximum absolute atomic E-state index is 13.2. The first kappa shape index (κ1) is 16.2. The lowest BCUT2D eigenvalue weighted by atomic mass is 10.1. The number of para-hydroxylation sites is 1. The van der Waals surface area contributed by atoms with Crippen LogP contribution in [0.3, 0.4) is 0 Å². The highest BCUT2D eigenvalue weighted by Crippen LogP contribution is 2.33. The van der Waals surface area contributed by atoms with Crippen molar-refractivity contribution in [1.29, 1.82) is 0 Å². The van der Waals surface area contributed by atoms with Gasteiger partial charge in [-0.2, -0.15) is 5.10 Å². The molecule has 0 aliphatic carbocycles. The van der Waals surface area contributed by atoms with Crippen LogP contribution in [-0.2, 0) is 11.3 Å². The summed E-state index contributed by atoms with van der Waals surface area (Å²) in [5.41, 5.74) is 1.81. The van der Waals surface area contributed by atoms with Crippen LogP contribution >= 0.6 is 0 Å². The number of aromatic nitrogens is 2. The molecular formula is C20H19N3O3. The zero-order chi connectivity index (χ0) is 17.9. The van der Waals surface area contributed by atoms with Crippen molar-refractivity contribution in [1.82, 2.24) is 9.78 Å². The highest BCUT2D eigenvalue weighted by molar-refractivity contribution is 5.95. The number of anilines is 1. The summed E-state index contributed by atoms with van der Waals surface area (Å²) in [6.07, 6.45) is 3.47. The molecule has 3 aromatic rings. The van der Waals surface area contributed by atoms with Crippen LogP contribution < -0.4 is 14.4 Å². The molecule has 0 saturated carbocycles. The molecule has 0 saturated heterocycles. The van der Waals surface area contributed by atoms with Crippen LogP contribution in [0.2, 0.25) is 0 Å². The molecule has 0 unspecified atom stereocenters. The first-order valence-corrected chi connectivity index (χ1v) is 8.46. The minimum Gasteiger partial charge on any atom is -0.454 e. The van der Waals surface area contributed by atoms with Gasteiger partial charge in [-0.1, -0.05) is 24.3 Å². The van der Waals surface area contributed by atoms with E-state index in [-0.39, 0.29) is 12.7 Å². The number of carbonyl (C=O) groups excluding carboxylic acids is 1. The minimum absolute atomic E-state index is 0.0300. The predicted molar refractivity (Wildman–Crippen MR) is 97.1 cm³/mol. The monoisotopic (exact) mass is 349 g/mol. The summed E-state index contributed by atoms with van der Waals surface area (Å²) in [5, 5.41) is 4.20. The number of hydrogen-bond acceptors (Lipinski definition) is 4. The van der Waals surface area contributed by atoms with Crippen molar-refractivity contribution in [3.63, 3.8) is 0 Å².